The molecular weight excluding hydrogens is 208 g/mol. The van der Waals surface area contributed by atoms with Gasteiger partial charge in [-0.3, -0.25) is 4.79 Å². The van der Waals surface area contributed by atoms with Gasteiger partial charge in [0.15, 0.2) is 0 Å². The highest BCUT2D eigenvalue weighted by Gasteiger charge is 2.27. The number of Topliss-reactive ketones (excluding diaryl/α,β-unsaturated/α-hetero) is 1. The third kappa shape index (κ3) is 7.14. The first-order valence-corrected chi connectivity index (χ1v) is 6.45. The third-order valence-electron chi connectivity index (χ3n) is 2.73. The summed E-state index contributed by atoms with van der Waals surface area (Å²) in [6, 6.07) is 0. The molecule has 0 saturated heterocycles. The smallest absolute Gasteiger partial charge is 0.141 e. The maximum atomic E-state index is 12.3. The lowest BCUT2D eigenvalue weighted by atomic mass is 9.80. The Morgan fingerprint density at radius 2 is 1.29 bits per heavy atom. The van der Waals surface area contributed by atoms with E-state index in [1.165, 1.54) is 11.1 Å². The Bertz CT molecular complexity index is 285. The number of ketones is 1. The van der Waals surface area contributed by atoms with Gasteiger partial charge in [-0.2, -0.15) is 0 Å². The minimum atomic E-state index is -0.240. The predicted octanol–water partition coefficient (Wildman–Crippen LogP) is 4.93. The van der Waals surface area contributed by atoms with Crippen molar-refractivity contribution in [3.05, 3.63) is 23.3 Å². The molecule has 0 bridgehead atoms. The summed E-state index contributed by atoms with van der Waals surface area (Å²) in [5.41, 5.74) is 2.33. The molecule has 0 amide bonds. The molecule has 0 aliphatic heterocycles. The van der Waals surface area contributed by atoms with Crippen LogP contribution in [0.1, 0.15) is 61.3 Å². The van der Waals surface area contributed by atoms with Crippen molar-refractivity contribution in [1.82, 2.24) is 0 Å². The van der Waals surface area contributed by atoms with Crippen LogP contribution in [0.4, 0.5) is 0 Å². The lowest BCUT2D eigenvalue weighted by Crippen LogP contribution is -2.28. The number of hydrogen-bond acceptors (Lipinski definition) is 1. The number of allylic oxidation sites excluding steroid dienone is 4. The molecule has 0 aromatic carbocycles. The van der Waals surface area contributed by atoms with Gasteiger partial charge in [-0.1, -0.05) is 44.1 Å². The second-order valence-corrected chi connectivity index (χ2v) is 6.35. The minimum absolute atomic E-state index is 0.125. The summed E-state index contributed by atoms with van der Waals surface area (Å²) >= 11 is 0. The average molecular weight is 236 g/mol. The zero-order valence-corrected chi connectivity index (χ0v) is 12.6. The first kappa shape index (κ1) is 16.1. The minimum Gasteiger partial charge on any atom is -0.299 e. The zero-order chi connectivity index (χ0) is 13.6. The first-order valence-electron chi connectivity index (χ1n) is 6.45. The molecule has 1 nitrogen and oxygen atoms in total. The van der Waals surface area contributed by atoms with Gasteiger partial charge >= 0.3 is 0 Å². The highest BCUT2D eigenvalue weighted by Crippen LogP contribution is 2.26. The first-order chi connectivity index (χ1) is 7.64. The van der Waals surface area contributed by atoms with Gasteiger partial charge in [-0.05, 0) is 40.5 Å². The summed E-state index contributed by atoms with van der Waals surface area (Å²) in [6.07, 6.45) is 6.07. The van der Waals surface area contributed by atoms with Crippen LogP contribution in [0.2, 0.25) is 0 Å². The van der Waals surface area contributed by atoms with Crippen LogP contribution in [-0.2, 0) is 4.79 Å². The van der Waals surface area contributed by atoms with E-state index in [0.29, 0.717) is 5.78 Å². The standard InChI is InChI=1S/C16H28O/c1-12(2)8-10-14(11-9-13(3)4)15(17)16(5,6)7/h8-9,14H,10-11H2,1-7H3. The van der Waals surface area contributed by atoms with Crippen molar-refractivity contribution >= 4 is 5.78 Å². The summed E-state index contributed by atoms with van der Waals surface area (Å²) in [5, 5.41) is 0. The van der Waals surface area contributed by atoms with Crippen LogP contribution < -0.4 is 0 Å². The van der Waals surface area contributed by atoms with Crippen molar-refractivity contribution in [2.75, 3.05) is 0 Å². The molecule has 0 spiro atoms. The van der Waals surface area contributed by atoms with E-state index in [4.69, 9.17) is 0 Å². The van der Waals surface area contributed by atoms with Crippen LogP contribution in [0, 0.1) is 11.3 Å². The van der Waals surface area contributed by atoms with E-state index >= 15 is 0 Å². The van der Waals surface area contributed by atoms with Crippen molar-refractivity contribution in [3.63, 3.8) is 0 Å². The lowest BCUT2D eigenvalue weighted by molar-refractivity contribution is -0.130. The molecule has 0 radical (unpaired) electrons. The zero-order valence-electron chi connectivity index (χ0n) is 12.6. The molecule has 0 fully saturated rings. The Labute approximate surface area is 107 Å². The van der Waals surface area contributed by atoms with Crippen LogP contribution in [0.25, 0.3) is 0 Å². The van der Waals surface area contributed by atoms with E-state index < -0.39 is 0 Å². The maximum absolute atomic E-state index is 12.3. The normalized spacial score (nSPS) is 11.3. The van der Waals surface area contributed by atoms with E-state index in [1.807, 2.05) is 20.8 Å². The molecule has 0 unspecified atom stereocenters. The summed E-state index contributed by atoms with van der Waals surface area (Å²) < 4.78 is 0. The van der Waals surface area contributed by atoms with Gasteiger partial charge in [0.05, 0.1) is 0 Å². The SMILES string of the molecule is CC(C)=CCC(CC=C(C)C)C(=O)C(C)(C)C. The molecule has 0 heterocycles. The molecule has 17 heavy (non-hydrogen) atoms. The van der Waals surface area contributed by atoms with Crippen molar-refractivity contribution < 1.29 is 4.79 Å². The Morgan fingerprint density at radius 1 is 0.941 bits per heavy atom. The molecule has 98 valence electrons. The average Bonchev–Trinajstić information content (AvgIpc) is 2.14. The predicted molar refractivity (Wildman–Crippen MR) is 76.0 cm³/mol. The molecule has 0 aromatic rings. The van der Waals surface area contributed by atoms with E-state index in [2.05, 4.69) is 39.8 Å². The molecule has 0 aliphatic rings. The van der Waals surface area contributed by atoms with Crippen molar-refractivity contribution in [2.24, 2.45) is 11.3 Å². The van der Waals surface area contributed by atoms with E-state index in [1.54, 1.807) is 0 Å². The van der Waals surface area contributed by atoms with Gasteiger partial charge in [0.25, 0.3) is 0 Å². The molecule has 0 N–H and O–H groups in total. The summed E-state index contributed by atoms with van der Waals surface area (Å²) in [7, 11) is 0. The fourth-order valence-corrected chi connectivity index (χ4v) is 1.68. The summed E-state index contributed by atoms with van der Waals surface area (Å²) in [5.74, 6) is 0.493. The number of rotatable bonds is 5. The molecule has 0 aliphatic carbocycles. The van der Waals surface area contributed by atoms with Crippen LogP contribution in [-0.4, -0.2) is 5.78 Å². The van der Waals surface area contributed by atoms with E-state index in [9.17, 15) is 4.79 Å². The molecule has 1 heteroatoms. The second-order valence-electron chi connectivity index (χ2n) is 6.35. The largest absolute Gasteiger partial charge is 0.299 e. The van der Waals surface area contributed by atoms with Crippen LogP contribution in [0.15, 0.2) is 23.3 Å². The maximum Gasteiger partial charge on any atom is 0.141 e. The molecular formula is C16H28O. The molecule has 0 saturated carbocycles. The Morgan fingerprint density at radius 3 is 1.53 bits per heavy atom. The number of hydrogen-bond donors (Lipinski definition) is 0. The quantitative estimate of drug-likeness (QED) is 0.618. The van der Waals surface area contributed by atoms with Gasteiger partial charge in [0, 0.05) is 11.3 Å². The van der Waals surface area contributed by atoms with Gasteiger partial charge in [0.2, 0.25) is 0 Å². The second kappa shape index (κ2) is 6.78. The lowest BCUT2D eigenvalue weighted by Gasteiger charge is -2.23. The summed E-state index contributed by atoms with van der Waals surface area (Å²) in [4.78, 5) is 12.3. The van der Waals surface area contributed by atoms with Gasteiger partial charge in [-0.15, -0.1) is 0 Å². The van der Waals surface area contributed by atoms with Crippen LogP contribution >= 0.6 is 0 Å². The Hall–Kier alpha value is -0.850. The molecule has 0 rings (SSSR count). The third-order valence-corrected chi connectivity index (χ3v) is 2.73. The fraction of sp³-hybridized carbons (Fsp3) is 0.688. The number of carbonyl (C=O) groups is 1. The van der Waals surface area contributed by atoms with E-state index in [0.717, 1.165) is 12.8 Å². The monoisotopic (exact) mass is 236 g/mol. The van der Waals surface area contributed by atoms with Crippen LogP contribution in [0.5, 0.6) is 0 Å². The Kier molecular flexibility index (Phi) is 6.44. The highest BCUT2D eigenvalue weighted by atomic mass is 16.1. The van der Waals surface area contributed by atoms with Crippen LogP contribution in [0.3, 0.4) is 0 Å². The van der Waals surface area contributed by atoms with Crippen molar-refractivity contribution in [1.29, 1.82) is 0 Å². The number of carbonyl (C=O) groups excluding carboxylic acids is 1. The van der Waals surface area contributed by atoms with Gasteiger partial charge < -0.3 is 0 Å². The fourth-order valence-electron chi connectivity index (χ4n) is 1.68. The Balaban J connectivity index is 4.79. The molecule has 0 aromatic heterocycles. The van der Waals surface area contributed by atoms with Crippen molar-refractivity contribution in [3.8, 4) is 0 Å². The van der Waals surface area contributed by atoms with E-state index in [-0.39, 0.29) is 11.3 Å². The summed E-state index contributed by atoms with van der Waals surface area (Å²) in [6.45, 7) is 14.4. The molecule has 0 atom stereocenters. The van der Waals surface area contributed by atoms with Gasteiger partial charge in [-0.25, -0.2) is 0 Å². The van der Waals surface area contributed by atoms with Gasteiger partial charge in [0.1, 0.15) is 5.78 Å². The highest BCUT2D eigenvalue weighted by molar-refractivity contribution is 5.86. The van der Waals surface area contributed by atoms with Crippen molar-refractivity contribution in [2.45, 2.75) is 61.3 Å². The topological polar surface area (TPSA) is 17.1 Å².